The Bertz CT molecular complexity index is 328. The second kappa shape index (κ2) is 7.62. The number of hydrogen-bond acceptors (Lipinski definition) is 3. The van der Waals surface area contributed by atoms with E-state index in [0.29, 0.717) is 18.6 Å². The first kappa shape index (κ1) is 14.4. The average Bonchev–Trinajstić information content (AvgIpc) is 2.34. The lowest BCUT2D eigenvalue weighted by Crippen LogP contribution is -2.33. The molecule has 1 rings (SSSR count). The molecule has 0 radical (unpaired) electrons. The monoisotopic (exact) mass is 253 g/mol. The zero-order chi connectivity index (χ0) is 12.7. The molecule has 0 aromatic heterocycles. The molecule has 0 heterocycles. The first-order valence-electron chi connectivity index (χ1n) is 6.14. The maximum atomic E-state index is 5.77. The third kappa shape index (κ3) is 5.00. The van der Waals surface area contributed by atoms with Crippen molar-refractivity contribution in [2.75, 3.05) is 19.4 Å². The highest BCUT2D eigenvalue weighted by atomic mass is 32.2. The molecule has 1 unspecified atom stereocenters. The fourth-order valence-electron chi connectivity index (χ4n) is 1.42. The van der Waals surface area contributed by atoms with E-state index < -0.39 is 0 Å². The summed E-state index contributed by atoms with van der Waals surface area (Å²) in [5, 5.41) is 3.46. The Hall–Kier alpha value is -0.670. The fourth-order valence-corrected chi connectivity index (χ4v) is 1.96. The lowest BCUT2D eigenvalue weighted by atomic mass is 10.1. The number of rotatable bonds is 7. The first-order valence-corrected chi connectivity index (χ1v) is 7.36. The molecule has 0 aliphatic carbocycles. The summed E-state index contributed by atoms with van der Waals surface area (Å²) in [4.78, 5) is 1.20. The molecule has 2 nitrogen and oxygen atoms in total. The zero-order valence-corrected chi connectivity index (χ0v) is 12.0. The molecule has 0 bridgehead atoms. The predicted molar refractivity (Wildman–Crippen MR) is 76.0 cm³/mol. The highest BCUT2D eigenvalue weighted by molar-refractivity contribution is 7.98. The molecular formula is C14H23NOS. The molecule has 0 spiro atoms. The summed E-state index contributed by atoms with van der Waals surface area (Å²) in [5.41, 5.74) is 0. The summed E-state index contributed by atoms with van der Waals surface area (Å²) in [6, 6.07) is 8.70. The molecule has 3 heteroatoms. The van der Waals surface area contributed by atoms with Crippen LogP contribution in [0, 0.1) is 5.92 Å². The largest absolute Gasteiger partial charge is 0.491 e. The van der Waals surface area contributed by atoms with Crippen LogP contribution in [0.1, 0.15) is 20.8 Å². The standard InChI is InChI=1S/C14H23NOS/c1-11(2)12(3)15-9-10-16-13-7-5-6-8-14(13)17-4/h5-8,11-12,15H,9-10H2,1-4H3. The molecule has 0 saturated heterocycles. The van der Waals surface area contributed by atoms with Gasteiger partial charge in [-0.3, -0.25) is 0 Å². The Morgan fingerprint density at radius 1 is 1.24 bits per heavy atom. The van der Waals surface area contributed by atoms with Crippen LogP contribution in [0.3, 0.4) is 0 Å². The molecule has 1 aromatic rings. The maximum absolute atomic E-state index is 5.77. The Kier molecular flexibility index (Phi) is 6.45. The number of ether oxygens (including phenoxy) is 1. The molecule has 0 aliphatic heterocycles. The SMILES string of the molecule is CSc1ccccc1OCCNC(C)C(C)C. The molecule has 1 aromatic carbocycles. The van der Waals surface area contributed by atoms with Crippen molar-refractivity contribution < 1.29 is 4.74 Å². The van der Waals surface area contributed by atoms with Crippen LogP contribution in [0.2, 0.25) is 0 Å². The lowest BCUT2D eigenvalue weighted by Gasteiger charge is -2.17. The van der Waals surface area contributed by atoms with Crippen LogP contribution in [-0.4, -0.2) is 25.4 Å². The topological polar surface area (TPSA) is 21.3 Å². The molecule has 1 N–H and O–H groups in total. The maximum Gasteiger partial charge on any atom is 0.132 e. The van der Waals surface area contributed by atoms with Gasteiger partial charge in [-0.25, -0.2) is 0 Å². The van der Waals surface area contributed by atoms with Gasteiger partial charge in [0.15, 0.2) is 0 Å². The number of hydrogen-bond donors (Lipinski definition) is 1. The van der Waals surface area contributed by atoms with E-state index in [1.54, 1.807) is 11.8 Å². The van der Waals surface area contributed by atoms with Gasteiger partial charge in [0.1, 0.15) is 12.4 Å². The van der Waals surface area contributed by atoms with Gasteiger partial charge < -0.3 is 10.1 Å². The average molecular weight is 253 g/mol. The Morgan fingerprint density at radius 2 is 1.94 bits per heavy atom. The van der Waals surface area contributed by atoms with Gasteiger partial charge in [0, 0.05) is 17.5 Å². The summed E-state index contributed by atoms with van der Waals surface area (Å²) in [5.74, 6) is 1.65. The van der Waals surface area contributed by atoms with Crippen molar-refractivity contribution in [2.24, 2.45) is 5.92 Å². The van der Waals surface area contributed by atoms with E-state index in [1.165, 1.54) is 4.90 Å². The third-order valence-corrected chi connectivity index (χ3v) is 3.67. The summed E-state index contributed by atoms with van der Waals surface area (Å²) in [6.45, 7) is 8.26. The second-order valence-corrected chi connectivity index (χ2v) is 5.33. The van der Waals surface area contributed by atoms with Crippen LogP contribution >= 0.6 is 11.8 Å². The van der Waals surface area contributed by atoms with Gasteiger partial charge in [-0.05, 0) is 31.2 Å². The van der Waals surface area contributed by atoms with E-state index in [1.807, 2.05) is 18.2 Å². The van der Waals surface area contributed by atoms with Gasteiger partial charge >= 0.3 is 0 Å². The van der Waals surface area contributed by atoms with E-state index in [2.05, 4.69) is 38.4 Å². The van der Waals surface area contributed by atoms with E-state index in [0.717, 1.165) is 12.3 Å². The van der Waals surface area contributed by atoms with Crippen LogP contribution in [0.25, 0.3) is 0 Å². The molecule has 1 atom stereocenters. The molecule has 96 valence electrons. The van der Waals surface area contributed by atoms with Crippen molar-refractivity contribution >= 4 is 11.8 Å². The molecule has 17 heavy (non-hydrogen) atoms. The molecule has 0 amide bonds. The minimum atomic E-state index is 0.536. The quantitative estimate of drug-likeness (QED) is 0.594. The number of thioether (sulfide) groups is 1. The van der Waals surface area contributed by atoms with Crippen LogP contribution in [0.4, 0.5) is 0 Å². The number of para-hydroxylation sites is 1. The molecule has 0 fully saturated rings. The Labute approximate surface area is 109 Å². The van der Waals surface area contributed by atoms with Crippen molar-refractivity contribution in [3.05, 3.63) is 24.3 Å². The van der Waals surface area contributed by atoms with E-state index in [-0.39, 0.29) is 0 Å². The van der Waals surface area contributed by atoms with Crippen LogP contribution in [-0.2, 0) is 0 Å². The van der Waals surface area contributed by atoms with Gasteiger partial charge in [0.25, 0.3) is 0 Å². The minimum absolute atomic E-state index is 0.536. The smallest absolute Gasteiger partial charge is 0.132 e. The lowest BCUT2D eigenvalue weighted by molar-refractivity contribution is 0.291. The van der Waals surface area contributed by atoms with Gasteiger partial charge in [-0.15, -0.1) is 11.8 Å². The second-order valence-electron chi connectivity index (χ2n) is 4.49. The van der Waals surface area contributed by atoms with Crippen LogP contribution < -0.4 is 10.1 Å². The highest BCUT2D eigenvalue weighted by Crippen LogP contribution is 2.26. The predicted octanol–water partition coefficient (Wildman–Crippen LogP) is 3.42. The first-order chi connectivity index (χ1) is 8.15. The zero-order valence-electron chi connectivity index (χ0n) is 11.2. The third-order valence-electron chi connectivity index (χ3n) is 2.90. The van der Waals surface area contributed by atoms with Gasteiger partial charge in [0.05, 0.1) is 0 Å². The normalized spacial score (nSPS) is 12.8. The van der Waals surface area contributed by atoms with Gasteiger partial charge in [-0.2, -0.15) is 0 Å². The number of benzene rings is 1. The molecule has 0 aliphatic rings. The van der Waals surface area contributed by atoms with Crippen molar-refractivity contribution in [1.29, 1.82) is 0 Å². The van der Waals surface area contributed by atoms with E-state index >= 15 is 0 Å². The Balaban J connectivity index is 2.31. The summed E-state index contributed by atoms with van der Waals surface area (Å²) < 4.78 is 5.77. The summed E-state index contributed by atoms with van der Waals surface area (Å²) in [6.07, 6.45) is 2.07. The number of nitrogens with one attached hydrogen (secondary N) is 1. The fraction of sp³-hybridized carbons (Fsp3) is 0.571. The van der Waals surface area contributed by atoms with Gasteiger partial charge in [-0.1, -0.05) is 26.0 Å². The molecular weight excluding hydrogens is 230 g/mol. The van der Waals surface area contributed by atoms with Crippen molar-refractivity contribution in [3.8, 4) is 5.75 Å². The van der Waals surface area contributed by atoms with Crippen LogP contribution in [0.5, 0.6) is 5.75 Å². The van der Waals surface area contributed by atoms with Gasteiger partial charge in [0.2, 0.25) is 0 Å². The summed E-state index contributed by atoms with van der Waals surface area (Å²) >= 11 is 1.72. The molecule has 0 saturated carbocycles. The summed E-state index contributed by atoms with van der Waals surface area (Å²) in [7, 11) is 0. The Morgan fingerprint density at radius 3 is 2.59 bits per heavy atom. The minimum Gasteiger partial charge on any atom is -0.491 e. The highest BCUT2D eigenvalue weighted by Gasteiger charge is 2.05. The van der Waals surface area contributed by atoms with Crippen molar-refractivity contribution in [1.82, 2.24) is 5.32 Å². The van der Waals surface area contributed by atoms with E-state index in [9.17, 15) is 0 Å². The van der Waals surface area contributed by atoms with Crippen molar-refractivity contribution in [2.45, 2.75) is 31.7 Å². The van der Waals surface area contributed by atoms with Crippen LogP contribution in [0.15, 0.2) is 29.2 Å². The van der Waals surface area contributed by atoms with Crippen molar-refractivity contribution in [3.63, 3.8) is 0 Å². The van der Waals surface area contributed by atoms with E-state index in [4.69, 9.17) is 4.74 Å².